The first kappa shape index (κ1) is 12.2. The van der Waals surface area contributed by atoms with Gasteiger partial charge in [0.15, 0.2) is 0 Å². The van der Waals surface area contributed by atoms with Gasteiger partial charge in [-0.1, -0.05) is 0 Å². The van der Waals surface area contributed by atoms with Crippen LogP contribution in [0.4, 0.5) is 5.95 Å². The Morgan fingerprint density at radius 3 is 2.88 bits per heavy atom. The smallest absolute Gasteiger partial charge is 0.242 e. The summed E-state index contributed by atoms with van der Waals surface area (Å²) in [6.45, 7) is 7.13. The van der Waals surface area contributed by atoms with E-state index in [9.17, 15) is 0 Å². The van der Waals surface area contributed by atoms with Crippen LogP contribution in [-0.4, -0.2) is 34.8 Å². The van der Waals surface area contributed by atoms with Crippen LogP contribution in [0, 0.1) is 19.8 Å². The normalized spacial score (nSPS) is 20.2. The summed E-state index contributed by atoms with van der Waals surface area (Å²) in [7, 11) is 0. The molecule has 2 heterocycles. The maximum atomic E-state index is 4.36. The number of hydrogen-bond acceptors (Lipinski definition) is 5. The number of piperidine rings is 1. The van der Waals surface area contributed by atoms with Gasteiger partial charge in [0.05, 0.1) is 11.4 Å². The SMILES string of the molecule is Cc1nnc(NCCC2CCCNC2)nc1C. The first-order valence-corrected chi connectivity index (χ1v) is 6.38. The molecule has 1 fully saturated rings. The molecule has 0 aromatic carbocycles. The molecule has 0 aliphatic carbocycles. The fourth-order valence-corrected chi connectivity index (χ4v) is 2.09. The molecule has 0 saturated carbocycles. The number of nitrogens with one attached hydrogen (secondary N) is 2. The quantitative estimate of drug-likeness (QED) is 0.823. The van der Waals surface area contributed by atoms with Crippen molar-refractivity contribution in [3.05, 3.63) is 11.4 Å². The summed E-state index contributed by atoms with van der Waals surface area (Å²) in [5.74, 6) is 1.44. The van der Waals surface area contributed by atoms with Crippen LogP contribution in [-0.2, 0) is 0 Å². The highest BCUT2D eigenvalue weighted by molar-refractivity contribution is 5.24. The molecule has 1 aromatic rings. The van der Waals surface area contributed by atoms with E-state index in [-0.39, 0.29) is 0 Å². The van der Waals surface area contributed by atoms with E-state index in [0.717, 1.165) is 30.4 Å². The predicted octanol–water partition coefficient (Wildman–Crippen LogP) is 1.29. The molecule has 5 nitrogen and oxygen atoms in total. The lowest BCUT2D eigenvalue weighted by atomic mass is 9.96. The Hall–Kier alpha value is -1.23. The molecule has 1 aromatic heterocycles. The molecule has 1 unspecified atom stereocenters. The molecule has 2 rings (SSSR count). The van der Waals surface area contributed by atoms with Gasteiger partial charge in [-0.05, 0) is 52.1 Å². The number of anilines is 1. The van der Waals surface area contributed by atoms with Gasteiger partial charge in [0.2, 0.25) is 5.95 Å². The minimum absolute atomic E-state index is 0.650. The van der Waals surface area contributed by atoms with Gasteiger partial charge in [-0.25, -0.2) is 4.98 Å². The third-order valence-corrected chi connectivity index (χ3v) is 3.33. The van der Waals surface area contributed by atoms with Crippen molar-refractivity contribution in [3.63, 3.8) is 0 Å². The Morgan fingerprint density at radius 2 is 2.18 bits per heavy atom. The third kappa shape index (κ3) is 3.63. The minimum Gasteiger partial charge on any atom is -0.353 e. The van der Waals surface area contributed by atoms with Gasteiger partial charge in [-0.3, -0.25) is 0 Å². The average molecular weight is 235 g/mol. The van der Waals surface area contributed by atoms with Crippen molar-refractivity contribution in [2.75, 3.05) is 25.0 Å². The molecule has 0 amide bonds. The Kier molecular flexibility index (Phi) is 4.25. The van der Waals surface area contributed by atoms with Gasteiger partial charge >= 0.3 is 0 Å². The van der Waals surface area contributed by atoms with Crippen LogP contribution in [0.15, 0.2) is 0 Å². The van der Waals surface area contributed by atoms with Crippen molar-refractivity contribution in [1.29, 1.82) is 0 Å². The summed E-state index contributed by atoms with van der Waals surface area (Å²) < 4.78 is 0. The number of rotatable bonds is 4. The summed E-state index contributed by atoms with van der Waals surface area (Å²) in [5.41, 5.74) is 1.84. The van der Waals surface area contributed by atoms with Crippen LogP contribution in [0.25, 0.3) is 0 Å². The van der Waals surface area contributed by atoms with Crippen molar-refractivity contribution in [1.82, 2.24) is 20.5 Å². The van der Waals surface area contributed by atoms with Crippen LogP contribution in [0.3, 0.4) is 0 Å². The van der Waals surface area contributed by atoms with Crippen molar-refractivity contribution in [3.8, 4) is 0 Å². The number of hydrogen-bond donors (Lipinski definition) is 2. The lowest BCUT2D eigenvalue weighted by molar-refractivity contribution is 0.364. The summed E-state index contributed by atoms with van der Waals surface area (Å²) in [6.07, 6.45) is 3.80. The second-order valence-electron chi connectivity index (χ2n) is 4.73. The monoisotopic (exact) mass is 235 g/mol. The zero-order valence-corrected chi connectivity index (χ0v) is 10.7. The highest BCUT2D eigenvalue weighted by Gasteiger charge is 2.12. The molecular weight excluding hydrogens is 214 g/mol. The molecule has 5 heteroatoms. The zero-order valence-electron chi connectivity index (χ0n) is 10.7. The molecular formula is C12H21N5. The van der Waals surface area contributed by atoms with E-state index in [4.69, 9.17) is 0 Å². The first-order valence-electron chi connectivity index (χ1n) is 6.38. The van der Waals surface area contributed by atoms with Gasteiger partial charge in [0.25, 0.3) is 0 Å². The molecule has 17 heavy (non-hydrogen) atoms. The predicted molar refractivity (Wildman–Crippen MR) is 68.0 cm³/mol. The minimum atomic E-state index is 0.650. The fraction of sp³-hybridized carbons (Fsp3) is 0.750. The topological polar surface area (TPSA) is 62.7 Å². The van der Waals surface area contributed by atoms with E-state index in [1.165, 1.54) is 25.8 Å². The fourth-order valence-electron chi connectivity index (χ4n) is 2.09. The van der Waals surface area contributed by atoms with E-state index >= 15 is 0 Å². The van der Waals surface area contributed by atoms with Crippen LogP contribution < -0.4 is 10.6 Å². The van der Waals surface area contributed by atoms with Crippen LogP contribution in [0.5, 0.6) is 0 Å². The van der Waals surface area contributed by atoms with Gasteiger partial charge in [0.1, 0.15) is 0 Å². The molecule has 0 spiro atoms. The highest BCUT2D eigenvalue weighted by atomic mass is 15.2. The van der Waals surface area contributed by atoms with Gasteiger partial charge in [-0.15, -0.1) is 5.10 Å². The molecule has 2 N–H and O–H groups in total. The summed E-state index contributed by atoms with van der Waals surface area (Å²) >= 11 is 0. The highest BCUT2D eigenvalue weighted by Crippen LogP contribution is 2.13. The van der Waals surface area contributed by atoms with Crippen molar-refractivity contribution in [2.24, 2.45) is 5.92 Å². The Bertz CT molecular complexity index is 360. The van der Waals surface area contributed by atoms with Crippen molar-refractivity contribution >= 4 is 5.95 Å². The number of aromatic nitrogens is 3. The second-order valence-corrected chi connectivity index (χ2v) is 4.73. The molecule has 94 valence electrons. The van der Waals surface area contributed by atoms with E-state index in [2.05, 4.69) is 25.8 Å². The Morgan fingerprint density at radius 1 is 1.29 bits per heavy atom. The Balaban J connectivity index is 1.75. The lowest BCUT2D eigenvalue weighted by Gasteiger charge is -2.22. The molecule has 1 aliphatic rings. The van der Waals surface area contributed by atoms with E-state index < -0.39 is 0 Å². The zero-order chi connectivity index (χ0) is 12.1. The van der Waals surface area contributed by atoms with E-state index in [1.807, 2.05) is 13.8 Å². The molecule has 1 aliphatic heterocycles. The lowest BCUT2D eigenvalue weighted by Crippen LogP contribution is -2.30. The summed E-state index contributed by atoms with van der Waals surface area (Å²) in [6, 6.07) is 0. The van der Waals surface area contributed by atoms with E-state index in [1.54, 1.807) is 0 Å². The molecule has 1 atom stereocenters. The maximum absolute atomic E-state index is 4.36. The van der Waals surface area contributed by atoms with Gasteiger partial charge in [-0.2, -0.15) is 5.10 Å². The van der Waals surface area contributed by atoms with Crippen LogP contribution in [0.2, 0.25) is 0 Å². The standard InChI is InChI=1S/C12H21N5/c1-9-10(2)16-17-12(15-9)14-7-5-11-4-3-6-13-8-11/h11,13H,3-8H2,1-2H3,(H,14,15,17). The largest absolute Gasteiger partial charge is 0.353 e. The maximum Gasteiger partial charge on any atom is 0.242 e. The number of aryl methyl sites for hydroxylation is 2. The van der Waals surface area contributed by atoms with Gasteiger partial charge < -0.3 is 10.6 Å². The number of nitrogens with zero attached hydrogens (tertiary/aromatic N) is 3. The van der Waals surface area contributed by atoms with Gasteiger partial charge in [0, 0.05) is 6.54 Å². The summed E-state index contributed by atoms with van der Waals surface area (Å²) in [5, 5.41) is 14.8. The molecule has 0 bridgehead atoms. The van der Waals surface area contributed by atoms with E-state index in [0.29, 0.717) is 5.95 Å². The first-order chi connectivity index (χ1) is 8.25. The molecule has 0 radical (unpaired) electrons. The van der Waals surface area contributed by atoms with Crippen LogP contribution >= 0.6 is 0 Å². The average Bonchev–Trinajstić information content (AvgIpc) is 2.35. The van der Waals surface area contributed by atoms with Crippen LogP contribution in [0.1, 0.15) is 30.7 Å². The molecule has 1 saturated heterocycles. The van der Waals surface area contributed by atoms with Crippen molar-refractivity contribution in [2.45, 2.75) is 33.1 Å². The third-order valence-electron chi connectivity index (χ3n) is 3.33. The Labute approximate surface area is 102 Å². The second kappa shape index (κ2) is 5.91. The summed E-state index contributed by atoms with van der Waals surface area (Å²) in [4.78, 5) is 4.36. The van der Waals surface area contributed by atoms with Crippen molar-refractivity contribution < 1.29 is 0 Å².